The van der Waals surface area contributed by atoms with Gasteiger partial charge in [0.25, 0.3) is 12.3 Å². The Morgan fingerprint density at radius 3 is 2.93 bits per heavy atom. The van der Waals surface area contributed by atoms with Gasteiger partial charge in [0.1, 0.15) is 17.8 Å². The molecule has 9 nitrogen and oxygen atoms in total. The van der Waals surface area contributed by atoms with E-state index >= 15 is 0 Å². The predicted octanol–water partition coefficient (Wildman–Crippen LogP) is 1.49. The van der Waals surface area contributed by atoms with E-state index in [2.05, 4.69) is 25.5 Å². The number of amides is 1. The molecule has 1 amide bonds. The van der Waals surface area contributed by atoms with E-state index < -0.39 is 23.6 Å². The number of rotatable bonds is 9. The Morgan fingerprint density at radius 1 is 1.46 bits per heavy atom. The second-order valence-electron chi connectivity index (χ2n) is 5.50. The topological polar surface area (TPSA) is 120 Å². The minimum atomic E-state index is -3.00. The Morgan fingerprint density at radius 2 is 2.25 bits per heavy atom. The van der Waals surface area contributed by atoms with Gasteiger partial charge in [0.15, 0.2) is 5.82 Å². The number of allylic oxidation sites excluding steroid dienone is 1. The number of anilines is 1. The van der Waals surface area contributed by atoms with E-state index in [4.69, 9.17) is 10.5 Å². The number of ether oxygens (including phenoxy) is 1. The number of alkyl halides is 2. The molecule has 0 radical (unpaired) electrons. The third-order valence-electron chi connectivity index (χ3n) is 3.61. The van der Waals surface area contributed by atoms with Crippen LogP contribution in [0.5, 0.6) is 0 Å². The minimum absolute atomic E-state index is 0.151. The second kappa shape index (κ2) is 10.2. The lowest BCUT2D eigenvalue weighted by Crippen LogP contribution is -2.23. The van der Waals surface area contributed by atoms with Crippen LogP contribution in [0, 0.1) is 0 Å². The van der Waals surface area contributed by atoms with Gasteiger partial charge in [-0.25, -0.2) is 13.8 Å². The summed E-state index contributed by atoms with van der Waals surface area (Å²) in [5.41, 5.74) is 4.54. The highest BCUT2D eigenvalue weighted by molar-refractivity contribution is 6.18. The molecule has 3 N–H and O–H groups in total. The van der Waals surface area contributed by atoms with Gasteiger partial charge in [0.2, 0.25) is 0 Å². The van der Waals surface area contributed by atoms with Crippen molar-refractivity contribution in [1.82, 2.24) is 19.7 Å². The molecule has 0 bridgehead atoms. The van der Waals surface area contributed by atoms with Crippen molar-refractivity contribution in [2.24, 2.45) is 10.7 Å². The number of hydrogen-bond donors (Lipinski definition) is 2. The van der Waals surface area contributed by atoms with Crippen molar-refractivity contribution in [2.45, 2.75) is 19.9 Å². The van der Waals surface area contributed by atoms with Crippen molar-refractivity contribution in [1.29, 1.82) is 0 Å². The highest BCUT2D eigenvalue weighted by Gasteiger charge is 2.19. The number of carbonyl (C=O) groups excluding carboxylic acids is 1. The zero-order valence-corrected chi connectivity index (χ0v) is 15.5. The van der Waals surface area contributed by atoms with Crippen molar-refractivity contribution < 1.29 is 18.3 Å². The van der Waals surface area contributed by atoms with Gasteiger partial charge in [-0.15, -0.1) is 10.2 Å². The van der Waals surface area contributed by atoms with Gasteiger partial charge in [-0.05, 0) is 19.1 Å². The fraction of sp³-hybridized carbons (Fsp3) is 0.353. The van der Waals surface area contributed by atoms with Gasteiger partial charge in [-0.1, -0.05) is 6.07 Å². The molecule has 2 rings (SSSR count). The average molecular weight is 393 g/mol. The Hall–Kier alpha value is -3.21. The molecule has 0 aliphatic carbocycles. The van der Waals surface area contributed by atoms with E-state index in [9.17, 15) is 13.6 Å². The smallest absolute Gasteiger partial charge is 0.278 e. The molecule has 0 aromatic carbocycles. The summed E-state index contributed by atoms with van der Waals surface area (Å²) in [6, 6.07) is 4.87. The number of hydrogen-bond acceptors (Lipinski definition) is 7. The molecule has 0 atom stereocenters. The maximum absolute atomic E-state index is 13.0. The van der Waals surface area contributed by atoms with E-state index in [0.29, 0.717) is 18.1 Å². The molecule has 0 aliphatic heterocycles. The van der Waals surface area contributed by atoms with Gasteiger partial charge in [0, 0.05) is 19.9 Å². The second-order valence-corrected chi connectivity index (χ2v) is 5.50. The molecule has 2 aromatic rings. The van der Waals surface area contributed by atoms with Gasteiger partial charge < -0.3 is 20.4 Å². The maximum Gasteiger partial charge on any atom is 0.278 e. The maximum atomic E-state index is 13.0. The standard InChI is InChI=1S/C17H21F2N7O2/c1-3-26-10-22-25-16(26)12-5-4-6-13(23-12)24-17(27)11(14(20)15(18)19)9-21-7-8-28-2/h4-6,9-10,15H,3,7-8,20H2,1-2H3,(H,23,24,27). The average Bonchev–Trinajstić information content (AvgIpc) is 3.16. The van der Waals surface area contributed by atoms with Crippen molar-refractivity contribution >= 4 is 17.9 Å². The van der Waals surface area contributed by atoms with Gasteiger partial charge in [-0.3, -0.25) is 9.79 Å². The molecule has 28 heavy (non-hydrogen) atoms. The normalized spacial score (nSPS) is 12.5. The Labute approximate surface area is 160 Å². The molecule has 11 heteroatoms. The summed E-state index contributed by atoms with van der Waals surface area (Å²) in [4.78, 5) is 20.6. The van der Waals surface area contributed by atoms with Crippen LogP contribution in [0.25, 0.3) is 11.5 Å². The molecular formula is C17H21F2N7O2. The number of aromatic nitrogens is 4. The summed E-state index contributed by atoms with van der Waals surface area (Å²) in [5, 5.41) is 10.3. The number of nitrogens with zero attached hydrogens (tertiary/aromatic N) is 5. The largest absolute Gasteiger partial charge is 0.397 e. The molecule has 0 saturated carbocycles. The lowest BCUT2D eigenvalue weighted by molar-refractivity contribution is -0.112. The van der Waals surface area contributed by atoms with Crippen LogP contribution in [0.3, 0.4) is 0 Å². The molecule has 0 fully saturated rings. The molecule has 2 aromatic heterocycles. The van der Waals surface area contributed by atoms with Gasteiger partial charge in [-0.2, -0.15) is 0 Å². The molecule has 0 aliphatic rings. The lowest BCUT2D eigenvalue weighted by Gasteiger charge is -2.10. The van der Waals surface area contributed by atoms with Crippen molar-refractivity contribution in [3.05, 3.63) is 35.8 Å². The Balaban J connectivity index is 2.25. The van der Waals surface area contributed by atoms with E-state index in [1.807, 2.05) is 6.92 Å². The molecule has 150 valence electrons. The van der Waals surface area contributed by atoms with E-state index in [1.165, 1.54) is 13.2 Å². The summed E-state index contributed by atoms with van der Waals surface area (Å²) in [6.07, 6.45) is -0.437. The third-order valence-corrected chi connectivity index (χ3v) is 3.61. The first kappa shape index (κ1) is 21.1. The summed E-state index contributed by atoms with van der Waals surface area (Å²) in [7, 11) is 1.48. The van der Waals surface area contributed by atoms with Crippen LogP contribution in [0.1, 0.15) is 6.92 Å². The van der Waals surface area contributed by atoms with Crippen LogP contribution in [0.2, 0.25) is 0 Å². The van der Waals surface area contributed by atoms with E-state index in [1.54, 1.807) is 23.0 Å². The van der Waals surface area contributed by atoms with E-state index in [0.717, 1.165) is 6.21 Å². The van der Waals surface area contributed by atoms with Crippen LogP contribution < -0.4 is 11.1 Å². The summed E-state index contributed by atoms with van der Waals surface area (Å²) >= 11 is 0. The highest BCUT2D eigenvalue weighted by atomic mass is 19.3. The van der Waals surface area contributed by atoms with Crippen LogP contribution in [-0.2, 0) is 16.1 Å². The zero-order valence-electron chi connectivity index (χ0n) is 15.5. The summed E-state index contributed by atoms with van der Waals surface area (Å²) in [6.45, 7) is 3.04. The fourth-order valence-corrected chi connectivity index (χ4v) is 2.18. The number of aryl methyl sites for hydroxylation is 1. The first-order valence-electron chi connectivity index (χ1n) is 8.41. The summed E-state index contributed by atoms with van der Waals surface area (Å²) < 4.78 is 32.6. The number of methoxy groups -OCH3 is 1. The fourth-order valence-electron chi connectivity index (χ4n) is 2.18. The number of halogens is 2. The first-order valence-corrected chi connectivity index (χ1v) is 8.41. The van der Waals surface area contributed by atoms with Crippen molar-refractivity contribution in [2.75, 3.05) is 25.6 Å². The first-order chi connectivity index (χ1) is 13.5. The summed E-state index contributed by atoms with van der Waals surface area (Å²) in [5.74, 6) is -0.179. The van der Waals surface area contributed by atoms with Crippen molar-refractivity contribution in [3.8, 4) is 11.5 Å². The number of carbonyl (C=O) groups is 1. The lowest BCUT2D eigenvalue weighted by atomic mass is 10.2. The zero-order chi connectivity index (χ0) is 20.5. The van der Waals surface area contributed by atoms with Crippen LogP contribution >= 0.6 is 0 Å². The van der Waals surface area contributed by atoms with E-state index in [-0.39, 0.29) is 19.0 Å². The number of aliphatic imine (C=N–C) groups is 1. The minimum Gasteiger partial charge on any atom is -0.397 e. The SMILES string of the molecule is CCn1cnnc1-c1cccc(NC(=O)C(C=NCCOC)=C(N)C(F)F)n1. The van der Waals surface area contributed by atoms with Crippen LogP contribution in [0.15, 0.2) is 40.8 Å². The molecule has 0 unspecified atom stereocenters. The Kier molecular flexibility index (Phi) is 7.69. The molecule has 0 spiro atoms. The highest BCUT2D eigenvalue weighted by Crippen LogP contribution is 2.17. The monoisotopic (exact) mass is 393 g/mol. The van der Waals surface area contributed by atoms with Crippen LogP contribution in [0.4, 0.5) is 14.6 Å². The molecular weight excluding hydrogens is 372 g/mol. The molecule has 0 saturated heterocycles. The molecule has 2 heterocycles. The number of nitrogens with one attached hydrogen (secondary N) is 1. The third kappa shape index (κ3) is 5.39. The number of nitrogens with two attached hydrogens (primary N) is 1. The van der Waals surface area contributed by atoms with Gasteiger partial charge in [0.05, 0.1) is 24.4 Å². The van der Waals surface area contributed by atoms with Crippen molar-refractivity contribution in [3.63, 3.8) is 0 Å². The number of pyridine rings is 1. The quantitative estimate of drug-likeness (QED) is 0.378. The van der Waals surface area contributed by atoms with Crippen LogP contribution in [-0.4, -0.2) is 58.6 Å². The Bertz CT molecular complexity index is 865. The van der Waals surface area contributed by atoms with Gasteiger partial charge >= 0.3 is 0 Å². The predicted molar refractivity (Wildman–Crippen MR) is 100 cm³/mol.